The molecule has 0 radical (unpaired) electrons. The van der Waals surface area contributed by atoms with E-state index in [0.29, 0.717) is 6.42 Å². The molecular weight excluding hydrogens is 216 g/mol. The number of carbonyl (C=O) groups is 1. The highest BCUT2D eigenvalue weighted by atomic mass is 16.4. The van der Waals surface area contributed by atoms with Gasteiger partial charge in [-0.25, -0.2) is 4.79 Å². The monoisotopic (exact) mass is 236 g/mol. The number of aromatic carboxylic acids is 1. The van der Waals surface area contributed by atoms with Gasteiger partial charge in [0, 0.05) is 0 Å². The van der Waals surface area contributed by atoms with Crippen LogP contribution < -0.4 is 0 Å². The highest BCUT2D eigenvalue weighted by Gasteiger charge is 2.21. The first kappa shape index (κ1) is 13.6. The molecule has 0 heterocycles. The van der Waals surface area contributed by atoms with Gasteiger partial charge in [0.05, 0.1) is 0 Å². The van der Waals surface area contributed by atoms with Crippen LogP contribution in [0.1, 0.15) is 55.6 Å². The Balaban J connectivity index is 3.42. The fourth-order valence-corrected chi connectivity index (χ4v) is 1.75. The van der Waals surface area contributed by atoms with Crippen LogP contribution in [0.5, 0.6) is 5.75 Å². The SMILES string of the molecule is CCCc1cc(C(C)(C)C)cc(C(=O)O)c1O. The molecule has 3 heteroatoms. The van der Waals surface area contributed by atoms with Crippen molar-refractivity contribution < 1.29 is 15.0 Å². The molecule has 0 aliphatic heterocycles. The summed E-state index contributed by atoms with van der Waals surface area (Å²) in [6.07, 6.45) is 1.57. The molecule has 0 saturated carbocycles. The van der Waals surface area contributed by atoms with Crippen molar-refractivity contribution in [3.05, 3.63) is 28.8 Å². The molecule has 2 N–H and O–H groups in total. The average molecular weight is 236 g/mol. The largest absolute Gasteiger partial charge is 0.507 e. The Labute approximate surface area is 102 Å². The van der Waals surface area contributed by atoms with E-state index in [0.717, 1.165) is 17.5 Å². The standard InChI is InChI=1S/C14H20O3/c1-5-6-9-7-10(14(2,3)4)8-11(12(9)15)13(16)17/h7-8,15H,5-6H2,1-4H3,(H,16,17). The zero-order chi connectivity index (χ0) is 13.2. The van der Waals surface area contributed by atoms with E-state index < -0.39 is 5.97 Å². The maximum absolute atomic E-state index is 11.1. The summed E-state index contributed by atoms with van der Waals surface area (Å²) in [7, 11) is 0. The highest BCUT2D eigenvalue weighted by Crippen LogP contribution is 2.31. The number of benzene rings is 1. The topological polar surface area (TPSA) is 57.5 Å². The van der Waals surface area contributed by atoms with Gasteiger partial charge in [0.1, 0.15) is 11.3 Å². The normalized spacial score (nSPS) is 11.5. The minimum absolute atomic E-state index is 0.000810. The Bertz CT molecular complexity index is 428. The second-order valence-corrected chi connectivity index (χ2v) is 5.34. The van der Waals surface area contributed by atoms with Crippen molar-refractivity contribution in [3.63, 3.8) is 0 Å². The lowest BCUT2D eigenvalue weighted by molar-refractivity contribution is 0.0693. The van der Waals surface area contributed by atoms with Gasteiger partial charge in [0.15, 0.2) is 0 Å². The number of aryl methyl sites for hydroxylation is 1. The molecule has 1 aromatic carbocycles. The summed E-state index contributed by atoms with van der Waals surface area (Å²) in [5.74, 6) is -1.17. The van der Waals surface area contributed by atoms with Gasteiger partial charge in [-0.3, -0.25) is 0 Å². The lowest BCUT2D eigenvalue weighted by Crippen LogP contribution is -2.13. The smallest absolute Gasteiger partial charge is 0.339 e. The van der Waals surface area contributed by atoms with Crippen LogP contribution in [-0.2, 0) is 11.8 Å². The van der Waals surface area contributed by atoms with Crippen LogP contribution in [0.2, 0.25) is 0 Å². The zero-order valence-corrected chi connectivity index (χ0v) is 10.9. The highest BCUT2D eigenvalue weighted by molar-refractivity contribution is 5.91. The van der Waals surface area contributed by atoms with Crippen LogP contribution in [0.15, 0.2) is 12.1 Å². The van der Waals surface area contributed by atoms with E-state index in [9.17, 15) is 9.90 Å². The van der Waals surface area contributed by atoms with Crippen LogP contribution in [0, 0.1) is 0 Å². The second-order valence-electron chi connectivity index (χ2n) is 5.34. The van der Waals surface area contributed by atoms with Gasteiger partial charge in [0.2, 0.25) is 0 Å². The Morgan fingerprint density at radius 3 is 2.29 bits per heavy atom. The molecule has 0 aliphatic carbocycles. The van der Waals surface area contributed by atoms with Crippen molar-refractivity contribution in [2.45, 2.75) is 46.0 Å². The third-order valence-electron chi connectivity index (χ3n) is 2.80. The Morgan fingerprint density at radius 2 is 1.88 bits per heavy atom. The molecule has 0 amide bonds. The first-order chi connectivity index (χ1) is 7.77. The summed E-state index contributed by atoms with van der Waals surface area (Å²) in [6, 6.07) is 3.47. The molecule has 0 unspecified atom stereocenters. The summed E-state index contributed by atoms with van der Waals surface area (Å²) < 4.78 is 0. The van der Waals surface area contributed by atoms with Crippen molar-refractivity contribution >= 4 is 5.97 Å². The molecular formula is C14H20O3. The minimum Gasteiger partial charge on any atom is -0.507 e. The molecule has 0 bridgehead atoms. The van der Waals surface area contributed by atoms with E-state index >= 15 is 0 Å². The number of carboxylic acids is 1. The van der Waals surface area contributed by atoms with Gasteiger partial charge in [0.25, 0.3) is 0 Å². The molecule has 94 valence electrons. The maximum Gasteiger partial charge on any atom is 0.339 e. The van der Waals surface area contributed by atoms with E-state index in [4.69, 9.17) is 5.11 Å². The molecule has 3 nitrogen and oxygen atoms in total. The molecule has 17 heavy (non-hydrogen) atoms. The number of rotatable bonds is 3. The Morgan fingerprint density at radius 1 is 1.29 bits per heavy atom. The fraction of sp³-hybridized carbons (Fsp3) is 0.500. The number of aromatic hydroxyl groups is 1. The molecule has 0 aliphatic rings. The summed E-state index contributed by atoms with van der Waals surface area (Å²) >= 11 is 0. The van der Waals surface area contributed by atoms with E-state index in [1.54, 1.807) is 6.07 Å². The zero-order valence-electron chi connectivity index (χ0n) is 10.9. The van der Waals surface area contributed by atoms with Gasteiger partial charge in [-0.1, -0.05) is 40.2 Å². The van der Waals surface area contributed by atoms with Crippen LogP contribution in [0.3, 0.4) is 0 Å². The van der Waals surface area contributed by atoms with E-state index in [1.807, 2.05) is 33.8 Å². The molecule has 0 atom stereocenters. The molecule has 1 rings (SSSR count). The lowest BCUT2D eigenvalue weighted by atomic mass is 9.84. The van der Waals surface area contributed by atoms with Crippen molar-refractivity contribution in [1.82, 2.24) is 0 Å². The summed E-state index contributed by atoms with van der Waals surface area (Å²) in [5.41, 5.74) is 1.54. The number of hydrogen-bond acceptors (Lipinski definition) is 2. The first-order valence-corrected chi connectivity index (χ1v) is 5.87. The van der Waals surface area contributed by atoms with E-state index in [-0.39, 0.29) is 16.7 Å². The number of carboxylic acid groups (broad SMARTS) is 1. The Hall–Kier alpha value is -1.51. The van der Waals surface area contributed by atoms with E-state index in [1.165, 1.54) is 0 Å². The molecule has 0 fully saturated rings. The van der Waals surface area contributed by atoms with Crippen molar-refractivity contribution in [2.75, 3.05) is 0 Å². The van der Waals surface area contributed by atoms with Gasteiger partial charge in [-0.15, -0.1) is 0 Å². The lowest BCUT2D eigenvalue weighted by Gasteiger charge is -2.21. The van der Waals surface area contributed by atoms with E-state index in [2.05, 4.69) is 0 Å². The summed E-state index contributed by atoms with van der Waals surface area (Å²) in [6.45, 7) is 8.09. The van der Waals surface area contributed by atoms with Crippen LogP contribution in [0.25, 0.3) is 0 Å². The van der Waals surface area contributed by atoms with Crippen LogP contribution >= 0.6 is 0 Å². The fourth-order valence-electron chi connectivity index (χ4n) is 1.75. The molecule has 1 aromatic rings. The van der Waals surface area contributed by atoms with Gasteiger partial charge < -0.3 is 10.2 Å². The van der Waals surface area contributed by atoms with Crippen molar-refractivity contribution in [3.8, 4) is 5.75 Å². The van der Waals surface area contributed by atoms with Gasteiger partial charge in [-0.2, -0.15) is 0 Å². The summed E-state index contributed by atoms with van der Waals surface area (Å²) in [5, 5.41) is 19.0. The first-order valence-electron chi connectivity index (χ1n) is 5.87. The number of hydrogen-bond donors (Lipinski definition) is 2. The maximum atomic E-state index is 11.1. The second kappa shape index (κ2) is 4.78. The predicted molar refractivity (Wildman–Crippen MR) is 67.8 cm³/mol. The van der Waals surface area contributed by atoms with Crippen molar-refractivity contribution in [2.24, 2.45) is 0 Å². The molecule has 0 aromatic heterocycles. The van der Waals surface area contributed by atoms with Gasteiger partial charge >= 0.3 is 5.97 Å². The number of phenols is 1. The van der Waals surface area contributed by atoms with Crippen molar-refractivity contribution in [1.29, 1.82) is 0 Å². The van der Waals surface area contributed by atoms with Crippen LogP contribution in [0.4, 0.5) is 0 Å². The molecule has 0 spiro atoms. The quantitative estimate of drug-likeness (QED) is 0.846. The predicted octanol–water partition coefficient (Wildman–Crippen LogP) is 3.34. The third-order valence-corrected chi connectivity index (χ3v) is 2.80. The average Bonchev–Trinajstić information content (AvgIpc) is 2.19. The molecule has 0 saturated heterocycles. The minimum atomic E-state index is -1.08. The van der Waals surface area contributed by atoms with Crippen LogP contribution in [-0.4, -0.2) is 16.2 Å². The van der Waals surface area contributed by atoms with Gasteiger partial charge in [-0.05, 0) is 29.0 Å². The Kier molecular flexibility index (Phi) is 3.81. The summed E-state index contributed by atoms with van der Waals surface area (Å²) in [4.78, 5) is 11.1. The third kappa shape index (κ3) is 2.99.